The minimum Gasteiger partial charge on any atom is -0.630 e. The summed E-state index contributed by atoms with van der Waals surface area (Å²) in [6.45, 7) is 0. The van der Waals surface area contributed by atoms with Crippen molar-refractivity contribution in [2.24, 2.45) is 0 Å². The largest absolute Gasteiger partial charge is 0.630 e. The van der Waals surface area contributed by atoms with Crippen LogP contribution in [0.25, 0.3) is 0 Å². The van der Waals surface area contributed by atoms with Gasteiger partial charge in [0.2, 0.25) is 15.9 Å². The third kappa shape index (κ3) is 5.01. The fourth-order valence-electron chi connectivity index (χ4n) is 3.52. The molecule has 10 heteroatoms. The maximum Gasteiger partial charge on any atom is 0.586 e. The molecule has 0 bridgehead atoms. The molecule has 0 spiro atoms. The van der Waals surface area contributed by atoms with Crippen LogP contribution in [0, 0.1) is 0 Å². The summed E-state index contributed by atoms with van der Waals surface area (Å²) in [5.74, 6) is 0. The van der Waals surface area contributed by atoms with E-state index in [-0.39, 0.29) is 0 Å². The third-order valence-corrected chi connectivity index (χ3v) is 8.96. The van der Waals surface area contributed by atoms with Gasteiger partial charge in [0.25, 0.3) is 0 Å². The minimum absolute atomic E-state index is 0.334. The molecule has 0 saturated carbocycles. The maximum atomic E-state index is 14.2. The van der Waals surface area contributed by atoms with E-state index in [4.69, 9.17) is 17.8 Å². The van der Waals surface area contributed by atoms with Crippen molar-refractivity contribution in [3.63, 3.8) is 0 Å². The third-order valence-electron chi connectivity index (χ3n) is 5.23. The quantitative estimate of drug-likeness (QED) is 0.322. The second-order valence-corrected chi connectivity index (χ2v) is 11.4. The molecular formula is C24H20B2O6P2. The minimum atomic E-state index is -4.00. The van der Waals surface area contributed by atoms with Crippen LogP contribution in [-0.2, 0) is 17.8 Å². The van der Waals surface area contributed by atoms with Crippen LogP contribution in [0.15, 0.2) is 121 Å². The zero-order valence-corrected chi connectivity index (χ0v) is 19.8. The van der Waals surface area contributed by atoms with Gasteiger partial charge in [0.1, 0.15) is 10.6 Å². The van der Waals surface area contributed by atoms with Crippen molar-refractivity contribution in [3.05, 3.63) is 121 Å². The Hall–Kier alpha value is -2.37. The lowest BCUT2D eigenvalue weighted by atomic mass is 9.80. The van der Waals surface area contributed by atoms with Crippen LogP contribution >= 0.6 is 15.9 Å². The van der Waals surface area contributed by atoms with E-state index in [1.807, 2.05) is 12.1 Å². The summed E-state index contributed by atoms with van der Waals surface area (Å²) in [6, 6.07) is 35.0. The van der Waals surface area contributed by atoms with Crippen LogP contribution in [-0.4, -0.2) is 14.2 Å². The van der Waals surface area contributed by atoms with Crippen molar-refractivity contribution < 1.29 is 27.6 Å². The SMILES string of the molecule is [O-][P+]1(c2ccccc2)OB(c2ccccc2)O[P+]([O-])(c2ccccc2)OB(c2ccccc2)O1. The van der Waals surface area contributed by atoms with E-state index >= 15 is 0 Å². The van der Waals surface area contributed by atoms with Crippen molar-refractivity contribution >= 4 is 51.7 Å². The summed E-state index contributed by atoms with van der Waals surface area (Å²) in [4.78, 5) is 28.5. The summed E-state index contributed by atoms with van der Waals surface area (Å²) in [6.07, 6.45) is 0. The fourth-order valence-corrected chi connectivity index (χ4v) is 6.98. The van der Waals surface area contributed by atoms with E-state index in [0.29, 0.717) is 21.5 Å². The van der Waals surface area contributed by atoms with Gasteiger partial charge < -0.3 is 9.79 Å². The normalized spacial score (nSPS) is 23.2. The molecule has 0 N–H and O–H groups in total. The maximum absolute atomic E-state index is 14.2. The highest BCUT2D eigenvalue weighted by Gasteiger charge is 2.56. The van der Waals surface area contributed by atoms with E-state index in [9.17, 15) is 9.79 Å². The first-order chi connectivity index (χ1) is 16.6. The van der Waals surface area contributed by atoms with E-state index < -0.39 is 30.1 Å². The molecule has 168 valence electrons. The first kappa shape index (κ1) is 23.4. The molecule has 34 heavy (non-hydrogen) atoms. The Kier molecular flexibility index (Phi) is 6.94. The van der Waals surface area contributed by atoms with Gasteiger partial charge in [0.05, 0.1) is 0 Å². The molecule has 4 aromatic carbocycles. The zero-order chi connectivity index (χ0) is 23.4. The molecule has 1 aliphatic heterocycles. The summed E-state index contributed by atoms with van der Waals surface area (Å²) < 4.78 is 24.3. The lowest BCUT2D eigenvalue weighted by molar-refractivity contribution is -0.208. The highest BCUT2D eigenvalue weighted by Crippen LogP contribution is 2.60. The molecule has 0 radical (unpaired) electrons. The Morgan fingerprint density at radius 3 is 0.971 bits per heavy atom. The van der Waals surface area contributed by atoms with Crippen molar-refractivity contribution in [3.8, 4) is 0 Å². The molecule has 0 unspecified atom stereocenters. The van der Waals surface area contributed by atoms with Gasteiger partial charge in [-0.15, -0.1) is 0 Å². The van der Waals surface area contributed by atoms with Gasteiger partial charge in [-0.3, -0.25) is 0 Å². The fraction of sp³-hybridized carbons (Fsp3) is 0. The molecule has 0 atom stereocenters. The molecular weight excluding hydrogens is 468 g/mol. The standard InChI is InChI=1S/C24H20B2O6P2/c27-33(23-17-9-3-10-18-23)29-25(21-13-5-1-6-14-21)30-34(28,24-19-11-4-12-20-24)32-26(31-33)22-15-7-2-8-16-22/h1-20H. The molecule has 5 rings (SSSR count). The molecule has 1 aliphatic rings. The Labute approximate surface area is 200 Å². The van der Waals surface area contributed by atoms with E-state index in [0.717, 1.165) is 0 Å². The molecule has 4 aromatic rings. The smallest absolute Gasteiger partial charge is 0.586 e. The van der Waals surface area contributed by atoms with Gasteiger partial charge in [-0.1, -0.05) is 97.1 Å². The first-order valence-corrected chi connectivity index (χ1v) is 13.8. The Bertz CT molecular complexity index is 1100. The average molecular weight is 488 g/mol. The second kappa shape index (κ2) is 10.1. The molecule has 1 fully saturated rings. The summed E-state index contributed by atoms with van der Waals surface area (Å²) in [7, 11) is -10.5. The van der Waals surface area contributed by atoms with E-state index in [1.54, 1.807) is 109 Å². The second-order valence-electron chi connectivity index (χ2n) is 7.57. The van der Waals surface area contributed by atoms with Crippen molar-refractivity contribution in [2.75, 3.05) is 0 Å². The van der Waals surface area contributed by atoms with E-state index in [1.165, 1.54) is 0 Å². The van der Waals surface area contributed by atoms with Crippen molar-refractivity contribution in [1.29, 1.82) is 0 Å². The summed E-state index contributed by atoms with van der Waals surface area (Å²) in [5.41, 5.74) is 1.06. The van der Waals surface area contributed by atoms with Crippen molar-refractivity contribution in [2.45, 2.75) is 0 Å². The van der Waals surface area contributed by atoms with Crippen LogP contribution in [0.3, 0.4) is 0 Å². The first-order valence-electron chi connectivity index (χ1n) is 10.7. The van der Waals surface area contributed by atoms with E-state index in [2.05, 4.69) is 0 Å². The van der Waals surface area contributed by atoms with Gasteiger partial charge in [-0.2, -0.15) is 0 Å². The molecule has 1 saturated heterocycles. The summed E-state index contributed by atoms with van der Waals surface area (Å²) in [5, 5.41) is 0.668. The molecule has 1 heterocycles. The van der Waals surface area contributed by atoms with Crippen molar-refractivity contribution in [1.82, 2.24) is 0 Å². The number of hydrogen-bond donors (Lipinski definition) is 0. The Balaban J connectivity index is 1.64. The lowest BCUT2D eigenvalue weighted by Crippen LogP contribution is -2.51. The number of hydrogen-bond acceptors (Lipinski definition) is 6. The van der Waals surface area contributed by atoms with Gasteiger partial charge in [-0.25, -0.2) is 17.8 Å². The van der Waals surface area contributed by atoms with Crippen LogP contribution in [0.5, 0.6) is 0 Å². The topological polar surface area (TPSA) is 83.0 Å². The highest BCUT2D eigenvalue weighted by atomic mass is 31.2. The van der Waals surface area contributed by atoms with Crippen LogP contribution in [0.1, 0.15) is 0 Å². The molecule has 0 aromatic heterocycles. The summed E-state index contributed by atoms with van der Waals surface area (Å²) >= 11 is 0. The van der Waals surface area contributed by atoms with Crippen LogP contribution < -0.4 is 31.3 Å². The molecule has 6 nitrogen and oxygen atoms in total. The lowest BCUT2D eigenvalue weighted by Gasteiger charge is -2.38. The predicted octanol–water partition coefficient (Wildman–Crippen LogP) is 1.75. The molecule has 0 amide bonds. The number of benzene rings is 4. The average Bonchev–Trinajstić information content (AvgIpc) is 2.89. The highest BCUT2D eigenvalue weighted by molar-refractivity contribution is 7.72. The zero-order valence-electron chi connectivity index (χ0n) is 18.0. The molecule has 0 aliphatic carbocycles. The van der Waals surface area contributed by atoms with Gasteiger partial charge in [0.15, 0.2) is 0 Å². The number of rotatable bonds is 4. The van der Waals surface area contributed by atoms with Crippen LogP contribution in [0.4, 0.5) is 0 Å². The van der Waals surface area contributed by atoms with Gasteiger partial charge in [-0.05, 0) is 35.2 Å². The monoisotopic (exact) mass is 488 g/mol. The Morgan fingerprint density at radius 1 is 0.412 bits per heavy atom. The van der Waals surface area contributed by atoms with Gasteiger partial charge >= 0.3 is 14.2 Å². The van der Waals surface area contributed by atoms with Crippen LogP contribution in [0.2, 0.25) is 0 Å². The van der Waals surface area contributed by atoms with Gasteiger partial charge in [0, 0.05) is 0 Å². The predicted molar refractivity (Wildman–Crippen MR) is 134 cm³/mol. The Morgan fingerprint density at radius 2 is 0.676 bits per heavy atom.